The third kappa shape index (κ3) is 8.86. The second-order valence-corrected chi connectivity index (χ2v) is 9.87. The Morgan fingerprint density at radius 3 is 2.12 bits per heavy atom. The zero-order valence-electron chi connectivity index (χ0n) is 23.3. The number of hydrogen-bond donors (Lipinski definition) is 1. The molecule has 3 amide bonds. The summed E-state index contributed by atoms with van der Waals surface area (Å²) in [6.07, 6.45) is 0. The topological polar surface area (TPSA) is 91.4 Å². The van der Waals surface area contributed by atoms with Crippen molar-refractivity contribution in [2.24, 2.45) is 0 Å². The molecule has 0 aromatic heterocycles. The molecule has 1 unspecified atom stereocenters. The fraction of sp³-hybridized carbons (Fsp3) is 0.323. The van der Waals surface area contributed by atoms with Gasteiger partial charge >= 0.3 is 0 Å². The van der Waals surface area contributed by atoms with Crippen LogP contribution in [0.2, 0.25) is 0 Å². The highest BCUT2D eigenvalue weighted by molar-refractivity contribution is 5.97. The van der Waals surface area contributed by atoms with E-state index < -0.39 is 6.04 Å². The minimum atomic E-state index is -0.875. The van der Waals surface area contributed by atoms with E-state index >= 15 is 0 Å². The molecule has 0 spiro atoms. The van der Waals surface area contributed by atoms with E-state index in [2.05, 4.69) is 5.32 Å². The van der Waals surface area contributed by atoms with Crippen LogP contribution < -0.4 is 10.1 Å². The number of halogens is 1. The maximum absolute atomic E-state index is 13.4. The standard InChI is InChI=1S/C31H35FN4O5/c1-23(37)36-18-16-35(17-19-36)20-30(38)34(2)29(22-40-21-24-6-4-3-5-7-24)31(39)33-26-10-14-28(15-11-26)41-27-12-8-25(32)9-13-27/h3-15,29H,16-22H2,1-2H3,(H,33,39). The van der Waals surface area contributed by atoms with Crippen LogP contribution in [0.25, 0.3) is 0 Å². The number of nitrogens with one attached hydrogen (secondary N) is 1. The molecule has 1 atom stereocenters. The SMILES string of the molecule is CC(=O)N1CCN(CC(=O)N(C)C(COCc2ccccc2)C(=O)Nc2ccc(Oc3ccc(F)cc3)cc2)CC1. The summed E-state index contributed by atoms with van der Waals surface area (Å²) in [6, 6.07) is 21.2. The smallest absolute Gasteiger partial charge is 0.249 e. The minimum Gasteiger partial charge on any atom is -0.457 e. The predicted molar refractivity (Wildman–Crippen MR) is 153 cm³/mol. The Hall–Kier alpha value is -4.28. The zero-order chi connectivity index (χ0) is 29.2. The van der Waals surface area contributed by atoms with Gasteiger partial charge in [-0.25, -0.2) is 4.39 Å². The average Bonchev–Trinajstić information content (AvgIpc) is 2.98. The van der Waals surface area contributed by atoms with Crippen molar-refractivity contribution >= 4 is 23.4 Å². The maximum atomic E-state index is 13.4. The number of carbonyl (C=O) groups excluding carboxylic acids is 3. The molecular formula is C31H35FN4O5. The number of hydrogen-bond acceptors (Lipinski definition) is 6. The lowest BCUT2D eigenvalue weighted by atomic mass is 10.2. The predicted octanol–water partition coefficient (Wildman–Crippen LogP) is 3.76. The third-order valence-corrected chi connectivity index (χ3v) is 6.90. The van der Waals surface area contributed by atoms with Crippen LogP contribution >= 0.6 is 0 Å². The van der Waals surface area contributed by atoms with Crippen LogP contribution in [0.4, 0.5) is 10.1 Å². The van der Waals surface area contributed by atoms with Crippen molar-refractivity contribution < 1.29 is 28.2 Å². The lowest BCUT2D eigenvalue weighted by molar-refractivity contribution is -0.141. The number of piperazine rings is 1. The quantitative estimate of drug-likeness (QED) is 0.383. The molecule has 0 aliphatic carbocycles. The summed E-state index contributed by atoms with van der Waals surface area (Å²) in [5.41, 5.74) is 1.48. The number of benzene rings is 3. The minimum absolute atomic E-state index is 0.00679. The number of rotatable bonds is 11. The lowest BCUT2D eigenvalue weighted by Gasteiger charge is -2.35. The number of anilines is 1. The van der Waals surface area contributed by atoms with Crippen LogP contribution in [0.15, 0.2) is 78.9 Å². The van der Waals surface area contributed by atoms with Gasteiger partial charge in [0.15, 0.2) is 0 Å². The van der Waals surface area contributed by atoms with E-state index in [0.717, 1.165) is 5.56 Å². The Morgan fingerprint density at radius 2 is 1.51 bits per heavy atom. The molecule has 41 heavy (non-hydrogen) atoms. The Morgan fingerprint density at radius 1 is 0.902 bits per heavy atom. The van der Waals surface area contributed by atoms with Gasteiger partial charge in [-0.05, 0) is 54.1 Å². The molecule has 10 heteroatoms. The first-order valence-corrected chi connectivity index (χ1v) is 13.5. The average molecular weight is 563 g/mol. The second kappa shape index (κ2) is 14.4. The van der Waals surface area contributed by atoms with E-state index in [0.29, 0.717) is 50.0 Å². The first kappa shape index (κ1) is 29.7. The number of amides is 3. The number of likely N-dealkylation sites (N-methyl/N-ethyl adjacent to an activating group) is 1. The van der Waals surface area contributed by atoms with Crippen molar-refractivity contribution in [3.63, 3.8) is 0 Å². The summed E-state index contributed by atoms with van der Waals surface area (Å²) >= 11 is 0. The van der Waals surface area contributed by atoms with Crippen LogP contribution in [0.5, 0.6) is 11.5 Å². The van der Waals surface area contributed by atoms with Gasteiger partial charge in [-0.3, -0.25) is 19.3 Å². The summed E-state index contributed by atoms with van der Waals surface area (Å²) in [6.45, 7) is 4.30. The number of ether oxygens (including phenoxy) is 2. The fourth-order valence-electron chi connectivity index (χ4n) is 4.39. The van der Waals surface area contributed by atoms with E-state index in [1.807, 2.05) is 35.2 Å². The molecule has 3 aromatic rings. The van der Waals surface area contributed by atoms with Gasteiger partial charge in [-0.1, -0.05) is 30.3 Å². The monoisotopic (exact) mass is 562 g/mol. The van der Waals surface area contributed by atoms with Gasteiger partial charge in [0.1, 0.15) is 23.4 Å². The van der Waals surface area contributed by atoms with Gasteiger partial charge in [-0.15, -0.1) is 0 Å². The molecular weight excluding hydrogens is 527 g/mol. The molecule has 1 fully saturated rings. The highest BCUT2D eigenvalue weighted by Gasteiger charge is 2.29. The number of carbonyl (C=O) groups is 3. The molecule has 0 bridgehead atoms. The summed E-state index contributed by atoms with van der Waals surface area (Å²) in [5.74, 6) is 0.0821. The van der Waals surface area contributed by atoms with Gasteiger partial charge in [0.05, 0.1) is 19.8 Å². The second-order valence-electron chi connectivity index (χ2n) is 9.87. The third-order valence-electron chi connectivity index (χ3n) is 6.90. The highest BCUT2D eigenvalue weighted by Crippen LogP contribution is 2.23. The number of nitrogens with zero attached hydrogens (tertiary/aromatic N) is 3. The van der Waals surface area contributed by atoms with Crippen LogP contribution in [-0.4, -0.2) is 84.8 Å². The molecule has 1 aliphatic heterocycles. The van der Waals surface area contributed by atoms with E-state index in [1.54, 1.807) is 43.1 Å². The Labute approximate surface area is 239 Å². The molecule has 9 nitrogen and oxygen atoms in total. The molecule has 4 rings (SSSR count). The van der Waals surface area contributed by atoms with E-state index in [1.165, 1.54) is 29.2 Å². The first-order valence-electron chi connectivity index (χ1n) is 13.5. The summed E-state index contributed by atoms with van der Waals surface area (Å²) in [5, 5.41) is 2.87. The van der Waals surface area contributed by atoms with Crippen molar-refractivity contribution in [3.05, 3.63) is 90.2 Å². The Balaban J connectivity index is 1.38. The van der Waals surface area contributed by atoms with E-state index in [-0.39, 0.29) is 36.7 Å². The molecule has 0 radical (unpaired) electrons. The molecule has 1 N–H and O–H groups in total. The highest BCUT2D eigenvalue weighted by atomic mass is 19.1. The zero-order valence-corrected chi connectivity index (χ0v) is 23.3. The molecule has 1 saturated heterocycles. The van der Waals surface area contributed by atoms with Crippen molar-refractivity contribution in [2.45, 2.75) is 19.6 Å². The first-order chi connectivity index (χ1) is 19.8. The van der Waals surface area contributed by atoms with Crippen molar-refractivity contribution in [2.75, 3.05) is 51.7 Å². The van der Waals surface area contributed by atoms with Crippen molar-refractivity contribution in [1.29, 1.82) is 0 Å². The fourth-order valence-corrected chi connectivity index (χ4v) is 4.39. The summed E-state index contributed by atoms with van der Waals surface area (Å²) in [4.78, 5) is 43.4. The van der Waals surface area contributed by atoms with Gasteiger partial charge in [-0.2, -0.15) is 0 Å². The molecule has 3 aromatic carbocycles. The lowest BCUT2D eigenvalue weighted by Crippen LogP contribution is -2.54. The largest absolute Gasteiger partial charge is 0.457 e. The van der Waals surface area contributed by atoms with Crippen LogP contribution in [0.1, 0.15) is 12.5 Å². The van der Waals surface area contributed by atoms with E-state index in [4.69, 9.17) is 9.47 Å². The summed E-state index contributed by atoms with van der Waals surface area (Å²) < 4.78 is 24.7. The van der Waals surface area contributed by atoms with Crippen molar-refractivity contribution in [1.82, 2.24) is 14.7 Å². The maximum Gasteiger partial charge on any atom is 0.249 e. The van der Waals surface area contributed by atoms with Crippen molar-refractivity contribution in [3.8, 4) is 11.5 Å². The van der Waals surface area contributed by atoms with Crippen LogP contribution in [-0.2, 0) is 25.7 Å². The summed E-state index contributed by atoms with van der Waals surface area (Å²) in [7, 11) is 1.60. The normalized spacial score (nSPS) is 14.3. The molecule has 1 heterocycles. The molecule has 0 saturated carbocycles. The Kier molecular flexibility index (Phi) is 10.4. The van der Waals surface area contributed by atoms with Crippen LogP contribution in [0, 0.1) is 5.82 Å². The molecule has 1 aliphatic rings. The Bertz CT molecular complexity index is 1300. The van der Waals surface area contributed by atoms with Gasteiger partial charge in [0.25, 0.3) is 0 Å². The van der Waals surface area contributed by atoms with Gasteiger partial charge < -0.3 is 24.6 Å². The van der Waals surface area contributed by atoms with Crippen LogP contribution in [0.3, 0.4) is 0 Å². The molecule has 216 valence electrons. The van der Waals surface area contributed by atoms with Gasteiger partial charge in [0, 0.05) is 45.8 Å². The van der Waals surface area contributed by atoms with E-state index in [9.17, 15) is 18.8 Å². The van der Waals surface area contributed by atoms with Gasteiger partial charge in [0.2, 0.25) is 17.7 Å².